The molecule has 0 amide bonds. The fraction of sp³-hybridized carbons (Fsp3) is 0. The molecule has 88 valence electrons. The van der Waals surface area contributed by atoms with Crippen LogP contribution in [-0.2, 0) is 0 Å². The molecule has 0 aliphatic rings. The maximum absolute atomic E-state index is 11.5. The quantitative estimate of drug-likeness (QED) is 0.717. The average Bonchev–Trinajstić information content (AvgIpc) is 2.40. The van der Waals surface area contributed by atoms with Crippen molar-refractivity contribution in [1.29, 1.82) is 0 Å². The molecule has 0 bridgehead atoms. The van der Waals surface area contributed by atoms with Crippen molar-refractivity contribution < 1.29 is 0 Å². The number of aromatic amines is 1. The summed E-state index contributed by atoms with van der Waals surface area (Å²) in [5.41, 5.74) is 2.29. The fourth-order valence-corrected chi connectivity index (χ4v) is 1.75. The van der Waals surface area contributed by atoms with Crippen LogP contribution in [0.5, 0.6) is 0 Å². The van der Waals surface area contributed by atoms with Crippen LogP contribution in [0.15, 0.2) is 53.8 Å². The smallest absolute Gasteiger partial charge is 0.258 e. The van der Waals surface area contributed by atoms with Crippen LogP contribution in [0.4, 0.5) is 11.4 Å². The third kappa shape index (κ3) is 1.93. The third-order valence-electron chi connectivity index (χ3n) is 2.59. The largest absolute Gasteiger partial charge is 0.354 e. The van der Waals surface area contributed by atoms with Gasteiger partial charge in [0.15, 0.2) is 0 Å². The average molecular weight is 238 g/mol. The van der Waals surface area contributed by atoms with Crippen molar-refractivity contribution in [3.8, 4) is 0 Å². The topological polar surface area (TPSA) is 70.7 Å². The van der Waals surface area contributed by atoms with Gasteiger partial charge < -0.3 is 10.3 Å². The Morgan fingerprint density at radius 3 is 2.94 bits per heavy atom. The summed E-state index contributed by atoms with van der Waals surface area (Å²) >= 11 is 0. The molecular formula is C13H10N4O. The van der Waals surface area contributed by atoms with Crippen molar-refractivity contribution in [2.45, 2.75) is 0 Å². The van der Waals surface area contributed by atoms with Gasteiger partial charge in [-0.2, -0.15) is 0 Å². The SMILES string of the molecule is O=c1[nH]cnc2cc(Nc3cccnc3)ccc12. The van der Waals surface area contributed by atoms with Crippen molar-refractivity contribution in [3.63, 3.8) is 0 Å². The molecule has 3 rings (SSSR count). The van der Waals surface area contributed by atoms with E-state index in [0.29, 0.717) is 10.9 Å². The van der Waals surface area contributed by atoms with Gasteiger partial charge in [0.1, 0.15) is 0 Å². The fourth-order valence-electron chi connectivity index (χ4n) is 1.75. The molecule has 0 saturated heterocycles. The Balaban J connectivity index is 2.02. The molecule has 0 saturated carbocycles. The summed E-state index contributed by atoms with van der Waals surface area (Å²) in [6.07, 6.45) is 4.85. The van der Waals surface area contributed by atoms with Gasteiger partial charge in [0.05, 0.1) is 29.1 Å². The predicted octanol–water partition coefficient (Wildman–Crippen LogP) is 2.06. The van der Waals surface area contributed by atoms with Gasteiger partial charge in [-0.25, -0.2) is 4.98 Å². The maximum Gasteiger partial charge on any atom is 0.258 e. The Morgan fingerprint density at radius 2 is 2.11 bits per heavy atom. The van der Waals surface area contributed by atoms with E-state index in [0.717, 1.165) is 11.4 Å². The number of hydrogen-bond acceptors (Lipinski definition) is 4. The Labute approximate surface area is 103 Å². The zero-order valence-corrected chi connectivity index (χ0v) is 9.42. The van der Waals surface area contributed by atoms with E-state index >= 15 is 0 Å². The van der Waals surface area contributed by atoms with Crippen LogP contribution in [0.3, 0.4) is 0 Å². The molecule has 2 N–H and O–H groups in total. The number of hydrogen-bond donors (Lipinski definition) is 2. The van der Waals surface area contributed by atoms with E-state index < -0.39 is 0 Å². The molecule has 0 radical (unpaired) electrons. The first-order valence-corrected chi connectivity index (χ1v) is 5.47. The van der Waals surface area contributed by atoms with E-state index in [1.807, 2.05) is 24.3 Å². The van der Waals surface area contributed by atoms with Crippen LogP contribution in [0.1, 0.15) is 0 Å². The van der Waals surface area contributed by atoms with Crippen molar-refractivity contribution in [3.05, 3.63) is 59.4 Å². The summed E-state index contributed by atoms with van der Waals surface area (Å²) in [7, 11) is 0. The van der Waals surface area contributed by atoms with Gasteiger partial charge in [0, 0.05) is 11.9 Å². The lowest BCUT2D eigenvalue weighted by atomic mass is 10.2. The van der Waals surface area contributed by atoms with Crippen molar-refractivity contribution in [2.24, 2.45) is 0 Å². The minimum Gasteiger partial charge on any atom is -0.354 e. The Kier molecular flexibility index (Phi) is 2.49. The number of benzene rings is 1. The molecular weight excluding hydrogens is 228 g/mol. The molecule has 0 fully saturated rings. The zero-order valence-electron chi connectivity index (χ0n) is 9.42. The van der Waals surface area contributed by atoms with E-state index in [1.54, 1.807) is 18.5 Å². The minimum absolute atomic E-state index is 0.132. The van der Waals surface area contributed by atoms with Crippen LogP contribution in [0, 0.1) is 0 Å². The number of aromatic nitrogens is 3. The summed E-state index contributed by atoms with van der Waals surface area (Å²) in [6, 6.07) is 9.19. The minimum atomic E-state index is -0.132. The molecule has 5 nitrogen and oxygen atoms in total. The second-order valence-corrected chi connectivity index (χ2v) is 3.83. The van der Waals surface area contributed by atoms with Crippen molar-refractivity contribution >= 4 is 22.3 Å². The molecule has 18 heavy (non-hydrogen) atoms. The van der Waals surface area contributed by atoms with Crippen molar-refractivity contribution in [2.75, 3.05) is 5.32 Å². The number of pyridine rings is 1. The summed E-state index contributed by atoms with van der Waals surface area (Å²) in [5, 5.41) is 3.78. The highest BCUT2D eigenvalue weighted by atomic mass is 16.1. The van der Waals surface area contributed by atoms with Gasteiger partial charge >= 0.3 is 0 Å². The zero-order chi connectivity index (χ0) is 12.4. The number of anilines is 2. The van der Waals surface area contributed by atoms with E-state index in [2.05, 4.69) is 20.3 Å². The standard InChI is InChI=1S/C13H10N4O/c18-13-11-4-3-9(6-12(11)15-8-16-13)17-10-2-1-5-14-7-10/h1-8,17H,(H,15,16,18). The summed E-state index contributed by atoms with van der Waals surface area (Å²) < 4.78 is 0. The molecule has 1 aromatic carbocycles. The Bertz CT molecular complexity index is 737. The molecule has 0 atom stereocenters. The van der Waals surface area contributed by atoms with Crippen LogP contribution < -0.4 is 10.9 Å². The number of nitrogens with one attached hydrogen (secondary N) is 2. The monoisotopic (exact) mass is 238 g/mol. The molecule has 3 aromatic rings. The highest BCUT2D eigenvalue weighted by molar-refractivity contribution is 5.82. The molecule has 2 heterocycles. The highest BCUT2D eigenvalue weighted by Gasteiger charge is 2.01. The summed E-state index contributed by atoms with van der Waals surface area (Å²) in [6.45, 7) is 0. The number of fused-ring (bicyclic) bond motifs is 1. The second-order valence-electron chi connectivity index (χ2n) is 3.83. The molecule has 0 aliphatic carbocycles. The summed E-state index contributed by atoms with van der Waals surface area (Å²) in [5.74, 6) is 0. The number of rotatable bonds is 2. The lowest BCUT2D eigenvalue weighted by Crippen LogP contribution is -2.06. The highest BCUT2D eigenvalue weighted by Crippen LogP contribution is 2.18. The predicted molar refractivity (Wildman–Crippen MR) is 69.9 cm³/mol. The molecule has 2 aromatic heterocycles. The van der Waals surface area contributed by atoms with Gasteiger partial charge in [0.25, 0.3) is 5.56 Å². The van der Waals surface area contributed by atoms with Gasteiger partial charge in [0.2, 0.25) is 0 Å². The maximum atomic E-state index is 11.5. The first-order valence-electron chi connectivity index (χ1n) is 5.47. The van der Waals surface area contributed by atoms with Crippen molar-refractivity contribution in [1.82, 2.24) is 15.0 Å². The van der Waals surface area contributed by atoms with Gasteiger partial charge in [-0.1, -0.05) is 0 Å². The van der Waals surface area contributed by atoms with Crippen LogP contribution in [0.2, 0.25) is 0 Å². The first-order chi connectivity index (χ1) is 8.83. The van der Waals surface area contributed by atoms with E-state index in [-0.39, 0.29) is 5.56 Å². The van der Waals surface area contributed by atoms with Gasteiger partial charge in [-0.15, -0.1) is 0 Å². The third-order valence-corrected chi connectivity index (χ3v) is 2.59. The van der Waals surface area contributed by atoms with Gasteiger partial charge in [-0.05, 0) is 30.3 Å². The Morgan fingerprint density at radius 1 is 1.17 bits per heavy atom. The first kappa shape index (κ1) is 10.5. The lowest BCUT2D eigenvalue weighted by molar-refractivity contribution is 1.17. The molecule has 0 aliphatic heterocycles. The normalized spacial score (nSPS) is 10.4. The van der Waals surface area contributed by atoms with E-state index in [4.69, 9.17) is 0 Å². The molecule has 5 heteroatoms. The molecule has 0 spiro atoms. The lowest BCUT2D eigenvalue weighted by Gasteiger charge is -2.06. The molecule has 0 unspecified atom stereocenters. The van der Waals surface area contributed by atoms with Crippen LogP contribution in [-0.4, -0.2) is 15.0 Å². The van der Waals surface area contributed by atoms with E-state index in [1.165, 1.54) is 6.33 Å². The number of H-pyrrole nitrogens is 1. The second kappa shape index (κ2) is 4.29. The number of nitrogens with zero attached hydrogens (tertiary/aromatic N) is 2. The Hall–Kier alpha value is -2.69. The van der Waals surface area contributed by atoms with Crippen LogP contribution >= 0.6 is 0 Å². The summed E-state index contributed by atoms with van der Waals surface area (Å²) in [4.78, 5) is 22.2. The van der Waals surface area contributed by atoms with E-state index in [9.17, 15) is 4.79 Å². The van der Waals surface area contributed by atoms with Crippen LogP contribution in [0.25, 0.3) is 10.9 Å². The van der Waals surface area contributed by atoms with Gasteiger partial charge in [-0.3, -0.25) is 9.78 Å².